The third kappa shape index (κ3) is 2.83. The molecular weight excluding hydrogens is 287 g/mol. The first kappa shape index (κ1) is 14.5. The zero-order valence-corrected chi connectivity index (χ0v) is 13.2. The molecule has 112 valence electrons. The smallest absolute Gasteiger partial charge is 0.136 e. The van der Waals surface area contributed by atoms with Crippen molar-refractivity contribution in [2.24, 2.45) is 0 Å². The minimum Gasteiger partial charge on any atom is -0.484 e. The molecule has 0 saturated heterocycles. The molecule has 1 aliphatic rings. The van der Waals surface area contributed by atoms with Gasteiger partial charge in [-0.3, -0.25) is 0 Å². The van der Waals surface area contributed by atoms with Gasteiger partial charge in [-0.15, -0.1) is 11.3 Å². The molecule has 0 bridgehead atoms. The van der Waals surface area contributed by atoms with Crippen molar-refractivity contribution in [1.29, 1.82) is 0 Å². The van der Waals surface area contributed by atoms with Crippen molar-refractivity contribution in [2.75, 3.05) is 0 Å². The van der Waals surface area contributed by atoms with Crippen molar-refractivity contribution < 1.29 is 14.2 Å². The van der Waals surface area contributed by atoms with Gasteiger partial charge in [-0.2, -0.15) is 0 Å². The van der Waals surface area contributed by atoms with Crippen LogP contribution in [-0.2, 0) is 5.41 Å². The van der Waals surface area contributed by atoms with Gasteiger partial charge in [-0.25, -0.2) is 4.39 Å². The number of thiophene rings is 1. The summed E-state index contributed by atoms with van der Waals surface area (Å²) in [5.41, 5.74) is 0.649. The van der Waals surface area contributed by atoms with Crippen molar-refractivity contribution in [1.82, 2.24) is 0 Å². The molecule has 2 nitrogen and oxygen atoms in total. The van der Waals surface area contributed by atoms with Crippen LogP contribution in [0.3, 0.4) is 0 Å². The molecule has 0 fully saturated rings. The first-order valence-electron chi connectivity index (χ1n) is 7.09. The zero-order valence-electron chi connectivity index (χ0n) is 12.4. The number of rotatable bonds is 1. The van der Waals surface area contributed by atoms with Crippen LogP contribution in [0.4, 0.5) is 4.39 Å². The Labute approximate surface area is 128 Å². The summed E-state index contributed by atoms with van der Waals surface area (Å²) in [5.74, 6) is 0.229. The van der Waals surface area contributed by atoms with Crippen LogP contribution in [-0.4, -0.2) is 5.11 Å². The lowest BCUT2D eigenvalue weighted by atomic mass is 9.95. The van der Waals surface area contributed by atoms with E-state index in [0.717, 1.165) is 4.88 Å². The maximum Gasteiger partial charge on any atom is 0.136 e. The van der Waals surface area contributed by atoms with E-state index < -0.39 is 6.10 Å². The van der Waals surface area contributed by atoms with Crippen LogP contribution < -0.4 is 4.74 Å². The van der Waals surface area contributed by atoms with Gasteiger partial charge in [0.1, 0.15) is 17.7 Å². The van der Waals surface area contributed by atoms with E-state index >= 15 is 0 Å². The largest absolute Gasteiger partial charge is 0.484 e. The SMILES string of the molecule is CC(C)(C)c1ccc(C2C[C@@H](O)c3cc(F)ccc3O2)s1. The van der Waals surface area contributed by atoms with Gasteiger partial charge >= 0.3 is 0 Å². The van der Waals surface area contributed by atoms with Crippen LogP contribution in [0.5, 0.6) is 5.75 Å². The van der Waals surface area contributed by atoms with Crippen LogP contribution in [0.1, 0.15) is 54.7 Å². The predicted octanol–water partition coefficient (Wildman–Crippen LogP) is 4.74. The summed E-state index contributed by atoms with van der Waals surface area (Å²) in [4.78, 5) is 2.40. The minimum atomic E-state index is -0.686. The molecule has 2 heterocycles. The topological polar surface area (TPSA) is 29.5 Å². The third-order valence-corrected chi connectivity index (χ3v) is 5.32. The first-order valence-corrected chi connectivity index (χ1v) is 7.90. The van der Waals surface area contributed by atoms with Gasteiger partial charge in [-0.1, -0.05) is 20.8 Å². The van der Waals surface area contributed by atoms with Crippen LogP contribution in [0.2, 0.25) is 0 Å². The fourth-order valence-corrected chi connectivity index (χ4v) is 3.63. The monoisotopic (exact) mass is 306 g/mol. The molecule has 21 heavy (non-hydrogen) atoms. The van der Waals surface area contributed by atoms with Gasteiger partial charge in [0.15, 0.2) is 0 Å². The fraction of sp³-hybridized carbons (Fsp3) is 0.412. The lowest BCUT2D eigenvalue weighted by molar-refractivity contribution is 0.0670. The second-order valence-electron chi connectivity index (χ2n) is 6.49. The Hall–Kier alpha value is -1.39. The molecule has 0 saturated carbocycles. The summed E-state index contributed by atoms with van der Waals surface area (Å²) in [6, 6.07) is 8.50. The normalized spacial score (nSPS) is 21.8. The fourth-order valence-electron chi connectivity index (χ4n) is 2.52. The van der Waals surface area contributed by atoms with Gasteiger partial charge in [0.05, 0.1) is 6.10 Å². The second-order valence-corrected chi connectivity index (χ2v) is 7.61. The Bertz CT molecular complexity index is 657. The van der Waals surface area contributed by atoms with Crippen molar-refractivity contribution >= 4 is 11.3 Å². The van der Waals surface area contributed by atoms with Crippen molar-refractivity contribution in [3.05, 3.63) is 51.5 Å². The van der Waals surface area contributed by atoms with E-state index in [4.69, 9.17) is 4.74 Å². The summed E-state index contributed by atoms with van der Waals surface area (Å²) in [5, 5.41) is 10.2. The molecule has 0 radical (unpaired) electrons. The number of halogens is 1. The highest BCUT2D eigenvalue weighted by Gasteiger charge is 2.30. The average Bonchev–Trinajstić information content (AvgIpc) is 2.89. The van der Waals surface area contributed by atoms with Crippen LogP contribution in [0, 0.1) is 5.82 Å². The standard InChI is InChI=1S/C17H19FO2S/c1-17(2,3)16-7-6-15(21-16)14-9-12(19)11-8-10(18)4-5-13(11)20-14/h4-8,12,14,19H,9H2,1-3H3/t12-,14?/m1/s1. The zero-order chi connectivity index (χ0) is 15.2. The Morgan fingerprint density at radius 2 is 2.00 bits per heavy atom. The van der Waals surface area contributed by atoms with Gasteiger partial charge in [0, 0.05) is 21.7 Å². The molecule has 0 spiro atoms. The Balaban J connectivity index is 1.89. The Morgan fingerprint density at radius 1 is 1.24 bits per heavy atom. The van der Waals surface area contributed by atoms with Gasteiger partial charge < -0.3 is 9.84 Å². The molecule has 4 heteroatoms. The van der Waals surface area contributed by atoms with E-state index in [1.165, 1.54) is 17.0 Å². The average molecular weight is 306 g/mol. The molecule has 1 aromatic carbocycles. The molecule has 1 N–H and O–H groups in total. The van der Waals surface area contributed by atoms with Gasteiger partial charge in [0.25, 0.3) is 0 Å². The summed E-state index contributed by atoms with van der Waals surface area (Å²) in [7, 11) is 0. The number of hydrogen-bond donors (Lipinski definition) is 1. The lowest BCUT2D eigenvalue weighted by Crippen LogP contribution is -2.18. The molecule has 1 unspecified atom stereocenters. The Morgan fingerprint density at radius 3 is 2.67 bits per heavy atom. The summed E-state index contributed by atoms with van der Waals surface area (Å²) < 4.78 is 19.2. The summed E-state index contributed by atoms with van der Waals surface area (Å²) in [6.07, 6.45) is -0.394. The van der Waals surface area contributed by atoms with Gasteiger partial charge in [-0.05, 0) is 35.7 Å². The molecular formula is C17H19FO2S. The molecule has 1 aromatic heterocycles. The predicted molar refractivity (Wildman–Crippen MR) is 82.4 cm³/mol. The second kappa shape index (κ2) is 5.11. The first-order chi connectivity index (χ1) is 9.84. The van der Waals surface area contributed by atoms with Crippen molar-refractivity contribution in [3.63, 3.8) is 0 Å². The highest BCUT2D eigenvalue weighted by molar-refractivity contribution is 7.12. The molecule has 0 aliphatic carbocycles. The van der Waals surface area contributed by atoms with E-state index in [2.05, 4.69) is 32.9 Å². The number of aliphatic hydroxyl groups excluding tert-OH is 1. The van der Waals surface area contributed by atoms with Crippen molar-refractivity contribution in [3.8, 4) is 5.75 Å². The summed E-state index contributed by atoms with van der Waals surface area (Å²) >= 11 is 1.72. The highest BCUT2D eigenvalue weighted by Crippen LogP contribution is 2.43. The number of fused-ring (bicyclic) bond motifs is 1. The van der Waals surface area contributed by atoms with Crippen LogP contribution in [0.15, 0.2) is 30.3 Å². The highest BCUT2D eigenvalue weighted by atomic mass is 32.1. The molecule has 2 atom stereocenters. The van der Waals surface area contributed by atoms with Crippen molar-refractivity contribution in [2.45, 2.75) is 44.8 Å². The van der Waals surface area contributed by atoms with Gasteiger partial charge in [0.2, 0.25) is 0 Å². The lowest BCUT2D eigenvalue weighted by Gasteiger charge is -2.29. The molecule has 3 rings (SSSR count). The number of aliphatic hydroxyl groups is 1. The minimum absolute atomic E-state index is 0.108. The van der Waals surface area contributed by atoms with E-state index in [1.54, 1.807) is 17.4 Å². The maximum atomic E-state index is 13.3. The third-order valence-electron chi connectivity index (χ3n) is 3.72. The Kier molecular flexibility index (Phi) is 3.54. The quantitative estimate of drug-likeness (QED) is 0.824. The van der Waals surface area contributed by atoms with Crippen LogP contribution >= 0.6 is 11.3 Å². The molecule has 0 amide bonds. The van der Waals surface area contributed by atoms with E-state index in [1.807, 2.05) is 0 Å². The van der Waals surface area contributed by atoms with E-state index in [9.17, 15) is 9.50 Å². The van der Waals surface area contributed by atoms with Crippen LogP contribution in [0.25, 0.3) is 0 Å². The van der Waals surface area contributed by atoms with E-state index in [-0.39, 0.29) is 17.3 Å². The number of ether oxygens (including phenoxy) is 1. The molecule has 2 aromatic rings. The maximum absolute atomic E-state index is 13.3. The van der Waals surface area contributed by atoms with E-state index in [0.29, 0.717) is 17.7 Å². The summed E-state index contributed by atoms with van der Waals surface area (Å²) in [6.45, 7) is 6.53. The number of benzene rings is 1. The molecule has 1 aliphatic heterocycles. The number of hydrogen-bond acceptors (Lipinski definition) is 3.